The Balaban J connectivity index is 1.78. The van der Waals surface area contributed by atoms with Crippen LogP contribution in [0.3, 0.4) is 0 Å². The molecule has 110 valence electrons. The first kappa shape index (κ1) is 13.9. The first-order chi connectivity index (χ1) is 10.2. The summed E-state index contributed by atoms with van der Waals surface area (Å²) in [6, 6.07) is 12.0. The van der Waals surface area contributed by atoms with Crippen molar-refractivity contribution in [3.8, 4) is 5.75 Å². The topological polar surface area (TPSA) is 49.8 Å². The molecule has 4 heteroatoms. The molecule has 0 atom stereocenters. The van der Waals surface area contributed by atoms with Crippen LogP contribution in [0.2, 0.25) is 0 Å². The van der Waals surface area contributed by atoms with E-state index in [1.54, 1.807) is 4.90 Å². The molecule has 3 rings (SSSR count). The smallest absolute Gasteiger partial charge is 0.260 e. The summed E-state index contributed by atoms with van der Waals surface area (Å²) in [6.07, 6.45) is 2.17. The summed E-state index contributed by atoms with van der Waals surface area (Å²) in [5.74, 6) is 0.559. The van der Waals surface area contributed by atoms with Crippen LogP contribution >= 0.6 is 0 Å². The van der Waals surface area contributed by atoms with Crippen molar-refractivity contribution in [2.75, 3.05) is 13.7 Å². The molecule has 2 aromatic rings. The minimum Gasteiger partial charge on any atom is -0.483 e. The lowest BCUT2D eigenvalue weighted by Crippen LogP contribution is -2.33. The second kappa shape index (κ2) is 5.74. The Labute approximate surface area is 123 Å². The van der Waals surface area contributed by atoms with E-state index in [0.717, 1.165) is 29.2 Å². The predicted octanol–water partition coefficient (Wildman–Crippen LogP) is 2.33. The first-order valence-corrected chi connectivity index (χ1v) is 7.20. The van der Waals surface area contributed by atoms with E-state index in [1.807, 2.05) is 43.4 Å². The standard InChI is InChI=1S/C17H19NO3/c1-18(13-7-8-13)17(20)11-21-16-9-6-12-4-2-3-5-14(12)15(16)10-19/h2-6,9,13,19H,7-8,10-11H2,1H3. The second-order valence-corrected chi connectivity index (χ2v) is 5.45. The molecule has 0 saturated heterocycles. The number of aliphatic hydroxyl groups excluding tert-OH is 1. The molecule has 1 fully saturated rings. The third-order valence-electron chi connectivity index (χ3n) is 3.99. The van der Waals surface area contributed by atoms with Crippen molar-refractivity contribution in [1.82, 2.24) is 4.90 Å². The molecule has 1 aliphatic carbocycles. The number of aliphatic hydroxyl groups is 1. The van der Waals surface area contributed by atoms with Gasteiger partial charge in [-0.25, -0.2) is 0 Å². The molecule has 21 heavy (non-hydrogen) atoms. The van der Waals surface area contributed by atoms with Gasteiger partial charge in [0.05, 0.1) is 6.61 Å². The summed E-state index contributed by atoms with van der Waals surface area (Å²) in [5, 5.41) is 11.6. The Kier molecular flexibility index (Phi) is 3.80. The fraction of sp³-hybridized carbons (Fsp3) is 0.353. The van der Waals surface area contributed by atoms with Gasteiger partial charge in [0.1, 0.15) is 5.75 Å². The molecular weight excluding hydrogens is 266 g/mol. The fourth-order valence-electron chi connectivity index (χ4n) is 2.52. The summed E-state index contributed by atoms with van der Waals surface area (Å²) in [4.78, 5) is 13.7. The quantitative estimate of drug-likeness (QED) is 0.917. The van der Waals surface area contributed by atoms with Gasteiger partial charge in [0.25, 0.3) is 5.91 Å². The van der Waals surface area contributed by atoms with Gasteiger partial charge < -0.3 is 14.7 Å². The minimum atomic E-state index is -0.108. The van der Waals surface area contributed by atoms with Gasteiger partial charge in [0, 0.05) is 18.7 Å². The van der Waals surface area contributed by atoms with E-state index in [4.69, 9.17) is 4.74 Å². The summed E-state index contributed by atoms with van der Waals surface area (Å²) in [7, 11) is 1.82. The zero-order valence-electron chi connectivity index (χ0n) is 12.1. The number of ether oxygens (including phenoxy) is 1. The molecule has 0 radical (unpaired) electrons. The molecule has 0 aromatic heterocycles. The number of carbonyl (C=O) groups excluding carboxylic acids is 1. The van der Waals surface area contributed by atoms with E-state index >= 15 is 0 Å². The third kappa shape index (κ3) is 2.85. The highest BCUT2D eigenvalue weighted by Gasteiger charge is 2.29. The van der Waals surface area contributed by atoms with Gasteiger partial charge in [-0.3, -0.25) is 4.79 Å². The van der Waals surface area contributed by atoms with Crippen LogP contribution in [0.1, 0.15) is 18.4 Å². The highest BCUT2D eigenvalue weighted by molar-refractivity contribution is 5.88. The van der Waals surface area contributed by atoms with Crippen molar-refractivity contribution in [2.45, 2.75) is 25.5 Å². The van der Waals surface area contributed by atoms with Gasteiger partial charge in [-0.2, -0.15) is 0 Å². The number of benzene rings is 2. The Morgan fingerprint density at radius 3 is 2.76 bits per heavy atom. The van der Waals surface area contributed by atoms with Crippen LogP contribution in [-0.4, -0.2) is 35.6 Å². The second-order valence-electron chi connectivity index (χ2n) is 5.45. The first-order valence-electron chi connectivity index (χ1n) is 7.20. The Morgan fingerprint density at radius 1 is 1.29 bits per heavy atom. The van der Waals surface area contributed by atoms with Crippen molar-refractivity contribution < 1.29 is 14.6 Å². The van der Waals surface area contributed by atoms with Crippen LogP contribution in [0.25, 0.3) is 10.8 Å². The summed E-state index contributed by atoms with van der Waals surface area (Å²) < 4.78 is 5.65. The molecule has 0 unspecified atom stereocenters. The number of hydrogen-bond donors (Lipinski definition) is 1. The number of nitrogens with zero attached hydrogens (tertiary/aromatic N) is 1. The van der Waals surface area contributed by atoms with Crippen LogP contribution in [0.5, 0.6) is 5.75 Å². The minimum absolute atomic E-state index is 0.0122. The summed E-state index contributed by atoms with van der Waals surface area (Å²) >= 11 is 0. The Bertz CT molecular complexity index is 664. The molecule has 1 saturated carbocycles. The molecule has 0 aliphatic heterocycles. The number of likely N-dealkylation sites (N-methyl/N-ethyl adjacent to an activating group) is 1. The normalized spacial score (nSPS) is 14.2. The van der Waals surface area contributed by atoms with Crippen LogP contribution in [0.15, 0.2) is 36.4 Å². The zero-order chi connectivity index (χ0) is 14.8. The maximum atomic E-state index is 12.0. The molecule has 4 nitrogen and oxygen atoms in total. The van der Waals surface area contributed by atoms with E-state index in [1.165, 1.54) is 0 Å². The van der Waals surface area contributed by atoms with Crippen molar-refractivity contribution in [3.05, 3.63) is 42.0 Å². The number of amides is 1. The number of carbonyl (C=O) groups is 1. The SMILES string of the molecule is CN(C(=O)COc1ccc2ccccc2c1CO)C1CC1. The third-order valence-corrected chi connectivity index (χ3v) is 3.99. The molecule has 0 heterocycles. The van der Waals surface area contributed by atoms with Gasteiger partial charge in [0.2, 0.25) is 0 Å². The van der Waals surface area contributed by atoms with Crippen molar-refractivity contribution in [3.63, 3.8) is 0 Å². The Hall–Kier alpha value is -2.07. The van der Waals surface area contributed by atoms with Gasteiger partial charge in [-0.1, -0.05) is 30.3 Å². The molecule has 0 spiro atoms. The highest BCUT2D eigenvalue weighted by Crippen LogP contribution is 2.29. The zero-order valence-corrected chi connectivity index (χ0v) is 12.1. The largest absolute Gasteiger partial charge is 0.483 e. The Morgan fingerprint density at radius 2 is 2.05 bits per heavy atom. The van der Waals surface area contributed by atoms with E-state index < -0.39 is 0 Å². The van der Waals surface area contributed by atoms with Crippen LogP contribution in [0, 0.1) is 0 Å². The lowest BCUT2D eigenvalue weighted by atomic mass is 10.0. The maximum absolute atomic E-state index is 12.0. The van der Waals surface area contributed by atoms with Crippen molar-refractivity contribution >= 4 is 16.7 Å². The lowest BCUT2D eigenvalue weighted by molar-refractivity contribution is -0.132. The fourth-order valence-corrected chi connectivity index (χ4v) is 2.52. The monoisotopic (exact) mass is 285 g/mol. The summed E-state index contributed by atoms with van der Waals surface area (Å²) in [6.45, 7) is -0.0956. The predicted molar refractivity (Wildman–Crippen MR) is 81.2 cm³/mol. The van der Waals surface area contributed by atoms with Crippen LogP contribution in [-0.2, 0) is 11.4 Å². The van der Waals surface area contributed by atoms with E-state index in [2.05, 4.69) is 0 Å². The highest BCUT2D eigenvalue weighted by atomic mass is 16.5. The molecule has 1 amide bonds. The summed E-state index contributed by atoms with van der Waals surface area (Å²) in [5.41, 5.74) is 0.731. The van der Waals surface area contributed by atoms with Gasteiger partial charge >= 0.3 is 0 Å². The van der Waals surface area contributed by atoms with E-state index in [9.17, 15) is 9.90 Å². The van der Waals surface area contributed by atoms with Gasteiger partial charge in [0.15, 0.2) is 6.61 Å². The average molecular weight is 285 g/mol. The van der Waals surface area contributed by atoms with Gasteiger partial charge in [-0.15, -0.1) is 0 Å². The van der Waals surface area contributed by atoms with Crippen LogP contribution < -0.4 is 4.74 Å². The lowest BCUT2D eigenvalue weighted by Gasteiger charge is -2.18. The van der Waals surface area contributed by atoms with E-state index in [0.29, 0.717) is 11.8 Å². The average Bonchev–Trinajstić information content (AvgIpc) is 3.36. The van der Waals surface area contributed by atoms with Crippen molar-refractivity contribution in [1.29, 1.82) is 0 Å². The molecular formula is C17H19NO3. The molecule has 1 aliphatic rings. The number of hydrogen-bond acceptors (Lipinski definition) is 3. The van der Waals surface area contributed by atoms with Crippen LogP contribution in [0.4, 0.5) is 0 Å². The molecule has 0 bridgehead atoms. The maximum Gasteiger partial charge on any atom is 0.260 e. The van der Waals surface area contributed by atoms with E-state index in [-0.39, 0.29) is 19.1 Å². The van der Waals surface area contributed by atoms with Gasteiger partial charge in [-0.05, 0) is 29.7 Å². The van der Waals surface area contributed by atoms with Crippen molar-refractivity contribution in [2.24, 2.45) is 0 Å². The number of rotatable bonds is 5. The molecule has 1 N–H and O–H groups in total. The molecule has 2 aromatic carbocycles. The number of fused-ring (bicyclic) bond motifs is 1.